The van der Waals surface area contributed by atoms with Crippen molar-refractivity contribution in [1.82, 2.24) is 4.57 Å². The second-order valence-electron chi connectivity index (χ2n) is 5.98. The van der Waals surface area contributed by atoms with Crippen LogP contribution in [0.25, 0.3) is 0 Å². The van der Waals surface area contributed by atoms with Crippen LogP contribution in [-0.4, -0.2) is 37.6 Å². The molecule has 0 aliphatic rings. The monoisotopic (exact) mass is 375 g/mol. The molecule has 0 atom stereocenters. The van der Waals surface area contributed by atoms with Crippen LogP contribution in [0.2, 0.25) is 0 Å². The first-order valence-corrected chi connectivity index (χ1v) is 9.82. The molecule has 0 fully saturated rings. The van der Waals surface area contributed by atoms with Gasteiger partial charge in [-0.2, -0.15) is 0 Å². The van der Waals surface area contributed by atoms with E-state index < -0.39 is 15.8 Å². The van der Waals surface area contributed by atoms with Gasteiger partial charge in [0.05, 0.1) is 10.5 Å². The molecular formula is C19H21NO5S. The fraction of sp³-hybridized carbons (Fsp3) is 0.263. The van der Waals surface area contributed by atoms with Crippen LogP contribution in [0.4, 0.5) is 0 Å². The number of hydrogen-bond donors (Lipinski definition) is 0. The highest BCUT2D eigenvalue weighted by Crippen LogP contribution is 2.16. The average molecular weight is 375 g/mol. The van der Waals surface area contributed by atoms with Gasteiger partial charge in [0, 0.05) is 29.8 Å². The minimum Gasteiger partial charge on any atom is -0.454 e. The Morgan fingerprint density at radius 1 is 1.19 bits per heavy atom. The highest BCUT2D eigenvalue weighted by molar-refractivity contribution is 7.90. The number of hydrogen-bond acceptors (Lipinski definition) is 5. The van der Waals surface area contributed by atoms with Gasteiger partial charge < -0.3 is 9.30 Å². The molecule has 7 heteroatoms. The molecule has 1 heterocycles. The lowest BCUT2D eigenvalue weighted by molar-refractivity contribution is 0.0474. The predicted octanol–water partition coefficient (Wildman–Crippen LogP) is 2.73. The number of benzene rings is 1. The summed E-state index contributed by atoms with van der Waals surface area (Å²) in [4.78, 5) is 24.5. The van der Waals surface area contributed by atoms with Crippen molar-refractivity contribution in [1.29, 1.82) is 0 Å². The number of sulfone groups is 1. The maximum atomic E-state index is 12.4. The highest BCUT2D eigenvalue weighted by Gasteiger charge is 2.18. The van der Waals surface area contributed by atoms with Crippen molar-refractivity contribution in [3.05, 3.63) is 65.5 Å². The topological polar surface area (TPSA) is 82.4 Å². The summed E-state index contributed by atoms with van der Waals surface area (Å²) in [6.45, 7) is 7.63. The zero-order valence-corrected chi connectivity index (χ0v) is 15.8. The Bertz CT molecular complexity index is 953. The van der Waals surface area contributed by atoms with Crippen LogP contribution in [0.1, 0.15) is 32.1 Å². The molecule has 0 radical (unpaired) electrons. The van der Waals surface area contributed by atoms with Crippen LogP contribution in [0.3, 0.4) is 0 Å². The van der Waals surface area contributed by atoms with Gasteiger partial charge in [0.15, 0.2) is 16.4 Å². The molecule has 0 saturated carbocycles. The van der Waals surface area contributed by atoms with Gasteiger partial charge in [-0.3, -0.25) is 4.79 Å². The number of ketones is 1. The Morgan fingerprint density at radius 3 is 2.35 bits per heavy atom. The molecular weight excluding hydrogens is 354 g/mol. The summed E-state index contributed by atoms with van der Waals surface area (Å²) in [6, 6.07) is 7.14. The Kier molecular flexibility index (Phi) is 5.82. The normalized spacial score (nSPS) is 11.2. The number of aromatic nitrogens is 1. The van der Waals surface area contributed by atoms with Crippen molar-refractivity contribution in [2.75, 3.05) is 12.9 Å². The van der Waals surface area contributed by atoms with Crippen molar-refractivity contribution in [2.24, 2.45) is 0 Å². The maximum Gasteiger partial charge on any atom is 0.338 e. The molecule has 0 unspecified atom stereocenters. The largest absolute Gasteiger partial charge is 0.454 e. The second kappa shape index (κ2) is 7.70. The number of nitrogens with zero attached hydrogens (tertiary/aromatic N) is 1. The summed E-state index contributed by atoms with van der Waals surface area (Å²) in [6.07, 6.45) is 2.83. The van der Waals surface area contributed by atoms with E-state index in [1.165, 1.54) is 24.3 Å². The quantitative estimate of drug-likeness (QED) is 0.422. The number of ether oxygens (including phenoxy) is 1. The molecule has 2 aromatic rings. The van der Waals surface area contributed by atoms with Crippen LogP contribution < -0.4 is 0 Å². The van der Waals surface area contributed by atoms with Crippen molar-refractivity contribution in [3.8, 4) is 0 Å². The maximum absolute atomic E-state index is 12.4. The number of rotatable bonds is 7. The standard InChI is InChI=1S/C19H21NO5S/c1-5-10-20-13(2)11-17(14(20)3)18(21)12-25-19(22)15-6-8-16(9-7-15)26(4,23)24/h5-9,11H,1,10,12H2,2-4H3. The lowest BCUT2D eigenvalue weighted by Gasteiger charge is -2.07. The van der Waals surface area contributed by atoms with Gasteiger partial charge in [-0.1, -0.05) is 6.08 Å². The van der Waals surface area contributed by atoms with Gasteiger partial charge in [0.1, 0.15) is 0 Å². The summed E-state index contributed by atoms with van der Waals surface area (Å²) in [5.41, 5.74) is 2.40. The molecule has 0 aliphatic carbocycles. The number of allylic oxidation sites excluding steroid dienone is 1. The SMILES string of the molecule is C=CCn1c(C)cc(C(=O)COC(=O)c2ccc(S(C)(=O)=O)cc2)c1C. The molecule has 26 heavy (non-hydrogen) atoms. The van der Waals surface area contributed by atoms with Crippen LogP contribution in [-0.2, 0) is 21.1 Å². The average Bonchev–Trinajstić information content (AvgIpc) is 2.87. The van der Waals surface area contributed by atoms with Gasteiger partial charge in [-0.05, 0) is 44.2 Å². The number of carbonyl (C=O) groups is 2. The van der Waals surface area contributed by atoms with Crippen molar-refractivity contribution in [2.45, 2.75) is 25.3 Å². The Hall–Kier alpha value is -2.67. The molecule has 138 valence electrons. The zero-order chi connectivity index (χ0) is 19.5. The fourth-order valence-corrected chi connectivity index (χ4v) is 3.25. The molecule has 1 aromatic heterocycles. The lowest BCUT2D eigenvalue weighted by atomic mass is 10.1. The van der Waals surface area contributed by atoms with Crippen LogP contribution in [0.15, 0.2) is 47.9 Å². The Morgan fingerprint density at radius 2 is 1.81 bits per heavy atom. The molecule has 1 aromatic carbocycles. The Balaban J connectivity index is 2.06. The molecule has 0 N–H and O–H groups in total. The van der Waals surface area contributed by atoms with Gasteiger partial charge in [0.25, 0.3) is 0 Å². The van der Waals surface area contributed by atoms with E-state index in [1.54, 1.807) is 12.1 Å². The van der Waals surface area contributed by atoms with Crippen molar-refractivity contribution >= 4 is 21.6 Å². The van der Waals surface area contributed by atoms with E-state index >= 15 is 0 Å². The molecule has 0 aliphatic heterocycles. The minimum absolute atomic E-state index is 0.111. The number of esters is 1. The van der Waals surface area contributed by atoms with Gasteiger partial charge in [0.2, 0.25) is 5.78 Å². The van der Waals surface area contributed by atoms with E-state index in [-0.39, 0.29) is 22.8 Å². The predicted molar refractivity (Wildman–Crippen MR) is 98.3 cm³/mol. The van der Waals surface area contributed by atoms with E-state index in [2.05, 4.69) is 6.58 Å². The molecule has 0 amide bonds. The van der Waals surface area contributed by atoms with Crippen molar-refractivity contribution < 1.29 is 22.7 Å². The zero-order valence-electron chi connectivity index (χ0n) is 15.0. The summed E-state index contributed by atoms with van der Waals surface area (Å²) in [7, 11) is -3.33. The number of carbonyl (C=O) groups excluding carboxylic acids is 2. The molecule has 2 rings (SSSR count). The highest BCUT2D eigenvalue weighted by atomic mass is 32.2. The summed E-state index contributed by atoms with van der Waals surface area (Å²) in [5.74, 6) is -0.979. The Labute approximate surface area is 153 Å². The third-order valence-corrected chi connectivity index (χ3v) is 5.17. The van der Waals surface area contributed by atoms with Gasteiger partial charge in [-0.25, -0.2) is 13.2 Å². The van der Waals surface area contributed by atoms with Gasteiger partial charge in [-0.15, -0.1) is 6.58 Å². The van der Waals surface area contributed by atoms with Gasteiger partial charge >= 0.3 is 5.97 Å². The number of Topliss-reactive ketones (excluding diaryl/α,β-unsaturated/α-hetero) is 1. The van der Waals surface area contributed by atoms with Crippen molar-refractivity contribution in [3.63, 3.8) is 0 Å². The van der Waals surface area contributed by atoms with Crippen LogP contribution in [0, 0.1) is 13.8 Å². The molecule has 6 nitrogen and oxygen atoms in total. The molecule has 0 saturated heterocycles. The van der Waals surface area contributed by atoms with E-state index in [9.17, 15) is 18.0 Å². The van der Waals surface area contributed by atoms with E-state index in [0.717, 1.165) is 17.6 Å². The second-order valence-corrected chi connectivity index (χ2v) is 8.00. The number of aryl methyl sites for hydroxylation is 1. The van der Waals surface area contributed by atoms with Crippen LogP contribution >= 0.6 is 0 Å². The van der Waals surface area contributed by atoms with E-state index in [1.807, 2.05) is 18.4 Å². The molecule has 0 bridgehead atoms. The third kappa shape index (κ3) is 4.29. The smallest absolute Gasteiger partial charge is 0.338 e. The fourth-order valence-electron chi connectivity index (χ4n) is 2.62. The third-order valence-electron chi connectivity index (χ3n) is 4.04. The first kappa shape index (κ1) is 19.7. The van der Waals surface area contributed by atoms with E-state index in [4.69, 9.17) is 4.74 Å². The van der Waals surface area contributed by atoms with Crippen LogP contribution in [0.5, 0.6) is 0 Å². The first-order valence-electron chi connectivity index (χ1n) is 7.93. The molecule has 0 spiro atoms. The summed E-state index contributed by atoms with van der Waals surface area (Å²) < 4.78 is 29.9. The first-order chi connectivity index (χ1) is 12.1. The lowest BCUT2D eigenvalue weighted by Crippen LogP contribution is -2.15. The summed E-state index contributed by atoms with van der Waals surface area (Å²) >= 11 is 0. The summed E-state index contributed by atoms with van der Waals surface area (Å²) in [5, 5.41) is 0. The minimum atomic E-state index is -3.33. The van der Waals surface area contributed by atoms with E-state index in [0.29, 0.717) is 12.1 Å².